The Labute approximate surface area is 217 Å². The smallest absolute Gasteiger partial charge is 0.323 e. The third-order valence-electron chi connectivity index (χ3n) is 7.48. The van der Waals surface area contributed by atoms with Crippen molar-refractivity contribution in [3.63, 3.8) is 0 Å². The van der Waals surface area contributed by atoms with Crippen LogP contribution in [0.1, 0.15) is 42.5 Å². The zero-order valence-electron chi connectivity index (χ0n) is 20.5. The summed E-state index contributed by atoms with van der Waals surface area (Å²) in [5.74, 6) is 0.702. The van der Waals surface area contributed by atoms with Gasteiger partial charge < -0.3 is 9.87 Å². The van der Waals surface area contributed by atoms with E-state index < -0.39 is 15.7 Å². The largest absolute Gasteiger partial charge is 0.330 e. The molecule has 12 heteroatoms. The van der Waals surface area contributed by atoms with Gasteiger partial charge in [-0.3, -0.25) is 9.80 Å². The van der Waals surface area contributed by atoms with Gasteiger partial charge in [0, 0.05) is 11.6 Å². The van der Waals surface area contributed by atoms with Crippen molar-refractivity contribution in [1.29, 1.82) is 0 Å². The van der Waals surface area contributed by atoms with Crippen LogP contribution in [0.3, 0.4) is 0 Å². The molecule has 0 bridgehead atoms. The van der Waals surface area contributed by atoms with Crippen molar-refractivity contribution >= 4 is 50.6 Å². The lowest BCUT2D eigenvalue weighted by molar-refractivity contribution is 0.0657. The maximum absolute atomic E-state index is 13.2. The van der Waals surface area contributed by atoms with Crippen molar-refractivity contribution < 1.29 is 13.6 Å². The molecule has 4 atom stereocenters. The topological polar surface area (TPSA) is 90.7 Å². The minimum Gasteiger partial charge on any atom is -0.330 e. The van der Waals surface area contributed by atoms with E-state index in [0.717, 1.165) is 31.4 Å². The van der Waals surface area contributed by atoms with Crippen molar-refractivity contribution in [2.45, 2.75) is 54.9 Å². The fourth-order valence-corrected chi connectivity index (χ4v) is 6.16. The SMILES string of the molecule is Cc1cccc([C@]2(N(C)C)CC[C@@]3(CC2)CN(c2cc(C(P)(P)P)nn2CCS(=O)O)C(=O)N3)c1. The molecule has 1 aliphatic heterocycles. The Bertz CT molecular complexity index is 1130. The molecule has 35 heavy (non-hydrogen) atoms. The first-order valence-corrected chi connectivity index (χ1v) is 14.7. The van der Waals surface area contributed by atoms with Crippen molar-refractivity contribution in [2.24, 2.45) is 0 Å². The summed E-state index contributed by atoms with van der Waals surface area (Å²) in [6.45, 7) is 2.93. The average molecular weight is 556 g/mol. The van der Waals surface area contributed by atoms with Crippen LogP contribution in [0, 0.1) is 6.92 Å². The molecule has 4 rings (SSSR count). The van der Waals surface area contributed by atoms with Crippen LogP contribution < -0.4 is 10.2 Å². The standard InChI is InChI=1S/C23H36N5O3P3S/c1-16-5-4-6-17(13-16)22(26(2)3)9-7-21(8-10-22)15-27(20(29)24-21)19-14-18(23(32,33)34)25-28(19)11-12-35(30)31/h4-6,13-14H,7-12,15,32-34H2,1-3H3,(H,24,29)(H,30,31)/t21-,22+. The Hall–Kier alpha value is -0.940. The number of hydrogen-bond donors (Lipinski definition) is 2. The predicted octanol–water partition coefficient (Wildman–Crippen LogP) is 3.45. The van der Waals surface area contributed by atoms with Crippen molar-refractivity contribution in [1.82, 2.24) is 20.0 Å². The number of nitrogens with zero attached hydrogens (tertiary/aromatic N) is 4. The van der Waals surface area contributed by atoms with Crippen LogP contribution in [-0.2, 0) is 27.8 Å². The van der Waals surface area contributed by atoms with Crippen LogP contribution in [0.4, 0.5) is 10.6 Å². The maximum Gasteiger partial charge on any atom is 0.323 e. The highest BCUT2D eigenvalue weighted by Crippen LogP contribution is 2.48. The highest BCUT2D eigenvalue weighted by Gasteiger charge is 2.51. The molecule has 1 spiro atoms. The van der Waals surface area contributed by atoms with Crippen LogP contribution >= 0.6 is 27.7 Å². The summed E-state index contributed by atoms with van der Waals surface area (Å²) in [7, 11) is 12.4. The summed E-state index contributed by atoms with van der Waals surface area (Å²) in [5, 5.41) is 7.94. The number of amides is 2. The lowest BCUT2D eigenvalue weighted by atomic mass is 9.68. The predicted molar refractivity (Wildman–Crippen MR) is 152 cm³/mol. The Balaban J connectivity index is 1.59. The molecule has 192 valence electrons. The highest BCUT2D eigenvalue weighted by molar-refractivity contribution is 7.79. The number of carbonyl (C=O) groups excluding carboxylic acids is 1. The molecule has 4 unspecified atom stereocenters. The number of hydrogen-bond acceptors (Lipinski definition) is 4. The minimum atomic E-state index is -1.94. The van der Waals surface area contributed by atoms with Gasteiger partial charge in [-0.05, 0) is 52.3 Å². The van der Waals surface area contributed by atoms with Crippen LogP contribution in [0.5, 0.6) is 0 Å². The number of aryl methyl sites for hydroxylation is 2. The van der Waals surface area contributed by atoms with Crippen LogP contribution in [-0.4, -0.2) is 61.4 Å². The number of aromatic nitrogens is 2. The summed E-state index contributed by atoms with van der Waals surface area (Å²) < 4.78 is 21.9. The van der Waals surface area contributed by atoms with Gasteiger partial charge in [0.1, 0.15) is 5.82 Å². The number of carbonyl (C=O) groups is 1. The Morgan fingerprint density at radius 3 is 2.46 bits per heavy atom. The van der Waals surface area contributed by atoms with Gasteiger partial charge >= 0.3 is 6.03 Å². The van der Waals surface area contributed by atoms with Gasteiger partial charge in [0.05, 0.1) is 34.7 Å². The zero-order chi connectivity index (χ0) is 25.6. The molecule has 2 aliphatic rings. The molecular weight excluding hydrogens is 519 g/mol. The average Bonchev–Trinajstić information content (AvgIpc) is 3.34. The molecule has 8 nitrogen and oxygen atoms in total. The Kier molecular flexibility index (Phi) is 7.81. The number of nitrogens with one attached hydrogen (secondary N) is 1. The third-order valence-corrected chi connectivity index (χ3v) is 8.90. The van der Waals surface area contributed by atoms with E-state index in [9.17, 15) is 13.6 Å². The summed E-state index contributed by atoms with van der Waals surface area (Å²) >= 11 is -1.94. The Morgan fingerprint density at radius 1 is 1.20 bits per heavy atom. The summed E-state index contributed by atoms with van der Waals surface area (Å²) in [6, 6.07) is 10.5. The molecule has 2 aromatic rings. The van der Waals surface area contributed by atoms with E-state index in [1.807, 2.05) is 6.07 Å². The van der Waals surface area contributed by atoms with Crippen LogP contribution in [0.15, 0.2) is 30.3 Å². The minimum absolute atomic E-state index is 0.0497. The molecule has 1 saturated heterocycles. The monoisotopic (exact) mass is 555 g/mol. The first-order valence-electron chi connectivity index (χ1n) is 11.7. The summed E-state index contributed by atoms with van der Waals surface area (Å²) in [6.07, 6.45) is 3.61. The molecule has 2 amide bonds. The fraction of sp³-hybridized carbons (Fsp3) is 0.565. The third kappa shape index (κ3) is 5.51. The molecule has 1 saturated carbocycles. The van der Waals surface area contributed by atoms with E-state index in [4.69, 9.17) is 0 Å². The second kappa shape index (κ2) is 10.1. The molecule has 2 heterocycles. The van der Waals surface area contributed by atoms with Gasteiger partial charge in [0.2, 0.25) is 0 Å². The fourth-order valence-electron chi connectivity index (χ4n) is 5.41. The second-order valence-electron chi connectivity index (χ2n) is 10.2. The van der Waals surface area contributed by atoms with Crippen molar-refractivity contribution in [2.75, 3.05) is 31.3 Å². The quantitative estimate of drug-likeness (QED) is 0.404. The Morgan fingerprint density at radius 2 is 1.89 bits per heavy atom. The molecule has 1 aromatic heterocycles. The number of urea groups is 1. The van der Waals surface area contributed by atoms with Crippen LogP contribution in [0.2, 0.25) is 0 Å². The van der Waals surface area contributed by atoms with Gasteiger partial charge in [0.25, 0.3) is 0 Å². The van der Waals surface area contributed by atoms with Crippen molar-refractivity contribution in [3.05, 3.63) is 47.2 Å². The first-order chi connectivity index (χ1) is 16.4. The first kappa shape index (κ1) is 27.1. The van der Waals surface area contributed by atoms with Gasteiger partial charge in [-0.25, -0.2) is 13.7 Å². The van der Waals surface area contributed by atoms with E-state index in [1.54, 1.807) is 9.58 Å². The lowest BCUT2D eigenvalue weighted by Gasteiger charge is -2.48. The second-order valence-corrected chi connectivity index (χ2v) is 16.1. The van der Waals surface area contributed by atoms with Gasteiger partial charge in [-0.2, -0.15) is 5.10 Å². The van der Waals surface area contributed by atoms with E-state index >= 15 is 0 Å². The van der Waals surface area contributed by atoms with Gasteiger partial charge in [-0.1, -0.05) is 29.8 Å². The van der Waals surface area contributed by atoms with Crippen molar-refractivity contribution in [3.8, 4) is 0 Å². The van der Waals surface area contributed by atoms with E-state index in [0.29, 0.717) is 12.4 Å². The number of anilines is 1. The van der Waals surface area contributed by atoms with Gasteiger partial charge in [0.15, 0.2) is 11.1 Å². The summed E-state index contributed by atoms with van der Waals surface area (Å²) in [4.78, 5) is 17.3. The lowest BCUT2D eigenvalue weighted by Crippen LogP contribution is -2.54. The number of rotatable bonds is 7. The normalized spacial score (nSPS) is 25.9. The van der Waals surface area contributed by atoms with E-state index in [1.165, 1.54) is 11.1 Å². The maximum atomic E-state index is 13.2. The molecule has 2 N–H and O–H groups in total. The molecule has 0 radical (unpaired) electrons. The van der Waals surface area contributed by atoms with E-state index in [2.05, 4.69) is 88.3 Å². The van der Waals surface area contributed by atoms with Gasteiger partial charge in [-0.15, -0.1) is 27.7 Å². The number of benzene rings is 1. The van der Waals surface area contributed by atoms with E-state index in [-0.39, 0.29) is 29.4 Å². The molecular formula is C23H36N5O3P3S. The highest BCUT2D eigenvalue weighted by atomic mass is 32.2. The summed E-state index contributed by atoms with van der Waals surface area (Å²) in [5.41, 5.74) is 2.96. The molecule has 1 aromatic carbocycles. The zero-order valence-corrected chi connectivity index (χ0v) is 24.8. The molecule has 1 aliphatic carbocycles. The molecule has 2 fully saturated rings. The van der Waals surface area contributed by atoms with Crippen LogP contribution in [0.25, 0.3) is 0 Å².